The molecule has 0 saturated carbocycles. The van der Waals surface area contributed by atoms with Crippen LogP contribution >= 0.6 is 0 Å². The number of anilines is 1. The number of aromatic nitrogens is 1. The first-order valence-corrected chi connectivity index (χ1v) is 7.04. The number of hydrogen-bond acceptors (Lipinski definition) is 4. The number of rotatable bonds is 4. The van der Waals surface area contributed by atoms with E-state index in [4.69, 9.17) is 9.47 Å². The van der Waals surface area contributed by atoms with E-state index in [1.807, 2.05) is 12.1 Å². The summed E-state index contributed by atoms with van der Waals surface area (Å²) in [6, 6.07) is 10.3. The van der Waals surface area contributed by atoms with Crippen LogP contribution in [0.4, 0.5) is 10.1 Å². The van der Waals surface area contributed by atoms with Crippen LogP contribution in [0.2, 0.25) is 0 Å². The van der Waals surface area contributed by atoms with Gasteiger partial charge in [-0.05, 0) is 37.1 Å². The van der Waals surface area contributed by atoms with Crippen molar-refractivity contribution in [1.29, 1.82) is 0 Å². The molecule has 1 saturated heterocycles. The first-order valence-electron chi connectivity index (χ1n) is 7.04. The van der Waals surface area contributed by atoms with Crippen LogP contribution in [0.5, 0.6) is 11.6 Å². The topological polar surface area (TPSA) is 43.4 Å². The fourth-order valence-corrected chi connectivity index (χ4v) is 2.28. The van der Waals surface area contributed by atoms with Gasteiger partial charge in [0.25, 0.3) is 0 Å². The van der Waals surface area contributed by atoms with E-state index in [1.54, 1.807) is 24.4 Å². The molecule has 5 heteroatoms. The number of para-hydroxylation sites is 1. The highest BCUT2D eigenvalue weighted by Gasteiger charge is 2.16. The molecule has 110 valence electrons. The summed E-state index contributed by atoms with van der Waals surface area (Å²) in [5.74, 6) is 0.153. The maximum absolute atomic E-state index is 13.7. The van der Waals surface area contributed by atoms with Crippen molar-refractivity contribution in [2.24, 2.45) is 0 Å². The minimum absolute atomic E-state index is 0.172. The van der Waals surface area contributed by atoms with Gasteiger partial charge in [0.15, 0.2) is 11.6 Å². The fourth-order valence-electron chi connectivity index (χ4n) is 2.28. The van der Waals surface area contributed by atoms with Gasteiger partial charge in [-0.1, -0.05) is 12.1 Å². The van der Waals surface area contributed by atoms with Crippen molar-refractivity contribution in [3.8, 4) is 11.6 Å². The molecule has 1 aliphatic heterocycles. The van der Waals surface area contributed by atoms with Gasteiger partial charge < -0.3 is 14.8 Å². The quantitative estimate of drug-likeness (QED) is 0.933. The Morgan fingerprint density at radius 3 is 2.76 bits per heavy atom. The molecule has 21 heavy (non-hydrogen) atoms. The van der Waals surface area contributed by atoms with Crippen LogP contribution in [0.15, 0.2) is 42.6 Å². The zero-order valence-corrected chi connectivity index (χ0v) is 11.6. The molecule has 2 aromatic rings. The van der Waals surface area contributed by atoms with Crippen LogP contribution in [0, 0.1) is 5.82 Å². The molecule has 1 aliphatic rings. The summed E-state index contributed by atoms with van der Waals surface area (Å²) >= 11 is 0. The SMILES string of the molecule is Fc1ccccc1Oc1ncccc1NC1CCOCC1. The molecule has 3 rings (SSSR count). The lowest BCUT2D eigenvalue weighted by atomic mass is 10.1. The van der Waals surface area contributed by atoms with E-state index in [-0.39, 0.29) is 5.75 Å². The number of nitrogens with zero attached hydrogens (tertiary/aromatic N) is 1. The lowest BCUT2D eigenvalue weighted by Crippen LogP contribution is -2.28. The van der Waals surface area contributed by atoms with Gasteiger partial charge in [0.05, 0.1) is 5.69 Å². The second-order valence-corrected chi connectivity index (χ2v) is 4.92. The van der Waals surface area contributed by atoms with Gasteiger partial charge in [0.2, 0.25) is 5.88 Å². The highest BCUT2D eigenvalue weighted by molar-refractivity contribution is 5.54. The Bertz CT molecular complexity index is 600. The van der Waals surface area contributed by atoms with E-state index in [0.29, 0.717) is 11.9 Å². The normalized spacial score (nSPS) is 15.7. The van der Waals surface area contributed by atoms with E-state index in [2.05, 4.69) is 10.3 Å². The Hall–Kier alpha value is -2.14. The van der Waals surface area contributed by atoms with Crippen molar-refractivity contribution < 1.29 is 13.9 Å². The predicted octanol–water partition coefficient (Wildman–Crippen LogP) is 3.60. The van der Waals surface area contributed by atoms with Crippen molar-refractivity contribution in [3.63, 3.8) is 0 Å². The number of hydrogen-bond donors (Lipinski definition) is 1. The van der Waals surface area contributed by atoms with Crippen LogP contribution in [0.1, 0.15) is 12.8 Å². The molecule has 0 bridgehead atoms. The van der Waals surface area contributed by atoms with Crippen molar-refractivity contribution in [3.05, 3.63) is 48.4 Å². The first kappa shape index (κ1) is 13.8. The third-order valence-corrected chi connectivity index (χ3v) is 3.40. The first-order chi connectivity index (χ1) is 10.3. The third-order valence-electron chi connectivity index (χ3n) is 3.40. The zero-order chi connectivity index (χ0) is 14.5. The number of benzene rings is 1. The molecule has 1 fully saturated rings. The summed E-state index contributed by atoms with van der Waals surface area (Å²) in [5, 5.41) is 3.40. The van der Waals surface area contributed by atoms with Gasteiger partial charge in [-0.25, -0.2) is 9.37 Å². The Morgan fingerprint density at radius 2 is 1.95 bits per heavy atom. The minimum Gasteiger partial charge on any atom is -0.434 e. The Morgan fingerprint density at radius 1 is 1.14 bits per heavy atom. The molecule has 0 unspecified atom stereocenters. The Balaban J connectivity index is 1.77. The van der Waals surface area contributed by atoms with Crippen LogP contribution < -0.4 is 10.1 Å². The summed E-state index contributed by atoms with van der Waals surface area (Å²) in [6.07, 6.45) is 3.51. The molecule has 0 aliphatic carbocycles. The number of halogens is 1. The largest absolute Gasteiger partial charge is 0.434 e. The second-order valence-electron chi connectivity index (χ2n) is 4.92. The molecule has 0 amide bonds. The number of ether oxygens (including phenoxy) is 2. The summed E-state index contributed by atoms with van der Waals surface area (Å²) < 4.78 is 24.6. The van der Waals surface area contributed by atoms with E-state index < -0.39 is 5.82 Å². The monoisotopic (exact) mass is 288 g/mol. The van der Waals surface area contributed by atoms with Gasteiger partial charge in [-0.15, -0.1) is 0 Å². The second kappa shape index (κ2) is 6.54. The molecule has 1 aromatic heterocycles. The summed E-state index contributed by atoms with van der Waals surface area (Å²) in [4.78, 5) is 4.20. The van der Waals surface area contributed by atoms with Crippen molar-refractivity contribution in [2.75, 3.05) is 18.5 Å². The van der Waals surface area contributed by atoms with Gasteiger partial charge >= 0.3 is 0 Å². The average Bonchev–Trinajstić information content (AvgIpc) is 2.52. The molecule has 2 heterocycles. The molecule has 4 nitrogen and oxygen atoms in total. The Labute approximate surface area is 122 Å². The van der Waals surface area contributed by atoms with Crippen molar-refractivity contribution in [1.82, 2.24) is 4.98 Å². The molecule has 1 N–H and O–H groups in total. The maximum Gasteiger partial charge on any atom is 0.242 e. The standard InChI is InChI=1S/C16H17FN2O2/c17-13-4-1-2-6-15(13)21-16-14(5-3-9-18-16)19-12-7-10-20-11-8-12/h1-6,9,12,19H,7-8,10-11H2. The van der Waals surface area contributed by atoms with Crippen molar-refractivity contribution >= 4 is 5.69 Å². The zero-order valence-electron chi connectivity index (χ0n) is 11.6. The summed E-state index contributed by atoms with van der Waals surface area (Å²) in [7, 11) is 0. The molecular weight excluding hydrogens is 271 g/mol. The Kier molecular flexibility index (Phi) is 4.31. The lowest BCUT2D eigenvalue weighted by molar-refractivity contribution is 0.0904. The van der Waals surface area contributed by atoms with Gasteiger partial charge in [0, 0.05) is 25.5 Å². The van der Waals surface area contributed by atoms with Crippen LogP contribution in [-0.4, -0.2) is 24.2 Å². The minimum atomic E-state index is -0.403. The molecule has 0 atom stereocenters. The number of pyridine rings is 1. The average molecular weight is 288 g/mol. The molecule has 0 radical (unpaired) electrons. The smallest absolute Gasteiger partial charge is 0.242 e. The highest BCUT2D eigenvalue weighted by atomic mass is 19.1. The number of nitrogens with one attached hydrogen (secondary N) is 1. The summed E-state index contributed by atoms with van der Waals surface area (Å²) in [6.45, 7) is 1.50. The predicted molar refractivity (Wildman–Crippen MR) is 78.2 cm³/mol. The third kappa shape index (κ3) is 3.49. The van der Waals surface area contributed by atoms with Crippen LogP contribution in [0.25, 0.3) is 0 Å². The maximum atomic E-state index is 13.7. The fraction of sp³-hybridized carbons (Fsp3) is 0.312. The van der Waals surface area contributed by atoms with Gasteiger partial charge in [0.1, 0.15) is 0 Å². The van der Waals surface area contributed by atoms with E-state index in [0.717, 1.165) is 31.7 Å². The lowest BCUT2D eigenvalue weighted by Gasteiger charge is -2.24. The molecular formula is C16H17FN2O2. The molecule has 1 aromatic carbocycles. The van der Waals surface area contributed by atoms with Crippen LogP contribution in [0.3, 0.4) is 0 Å². The van der Waals surface area contributed by atoms with E-state index in [1.165, 1.54) is 6.07 Å². The van der Waals surface area contributed by atoms with Gasteiger partial charge in [-0.2, -0.15) is 0 Å². The molecule has 0 spiro atoms. The van der Waals surface area contributed by atoms with Crippen molar-refractivity contribution in [2.45, 2.75) is 18.9 Å². The van der Waals surface area contributed by atoms with Gasteiger partial charge in [-0.3, -0.25) is 0 Å². The van der Waals surface area contributed by atoms with E-state index in [9.17, 15) is 4.39 Å². The summed E-state index contributed by atoms with van der Waals surface area (Å²) in [5.41, 5.74) is 0.771. The van der Waals surface area contributed by atoms with E-state index >= 15 is 0 Å². The highest BCUT2D eigenvalue weighted by Crippen LogP contribution is 2.29. The van der Waals surface area contributed by atoms with Crippen LogP contribution in [-0.2, 0) is 4.74 Å².